The third-order valence-electron chi connectivity index (χ3n) is 3.63. The maximum Gasteiger partial charge on any atom is 0.146 e. The number of hydrogen-bond acceptors (Lipinski definition) is 1. The Bertz CT molecular complexity index is 370. The SMILES string of the molecule is CCC(CC)(CCl)CNCc1cccc(Cl)c1F. The Morgan fingerprint density at radius 2 is 1.94 bits per heavy atom. The second-order valence-corrected chi connectivity index (χ2v) is 5.33. The van der Waals surface area contributed by atoms with Crippen molar-refractivity contribution in [2.45, 2.75) is 33.2 Å². The van der Waals surface area contributed by atoms with Crippen molar-refractivity contribution < 1.29 is 4.39 Å². The Morgan fingerprint density at radius 1 is 1.28 bits per heavy atom. The zero-order chi connectivity index (χ0) is 13.6. The van der Waals surface area contributed by atoms with Crippen LogP contribution in [0.4, 0.5) is 4.39 Å². The van der Waals surface area contributed by atoms with Crippen LogP contribution >= 0.6 is 23.2 Å². The molecule has 0 aromatic heterocycles. The van der Waals surface area contributed by atoms with Gasteiger partial charge in [-0.2, -0.15) is 0 Å². The first-order valence-corrected chi connectivity index (χ1v) is 7.19. The molecule has 0 unspecified atom stereocenters. The Labute approximate surface area is 119 Å². The monoisotopic (exact) mass is 291 g/mol. The highest BCUT2D eigenvalue weighted by Crippen LogP contribution is 2.27. The number of alkyl halides is 1. The minimum atomic E-state index is -0.337. The predicted molar refractivity (Wildman–Crippen MR) is 76.9 cm³/mol. The average molecular weight is 292 g/mol. The lowest BCUT2D eigenvalue weighted by Crippen LogP contribution is -2.34. The summed E-state index contributed by atoms with van der Waals surface area (Å²) in [7, 11) is 0. The third-order valence-corrected chi connectivity index (χ3v) is 4.49. The van der Waals surface area contributed by atoms with Crippen molar-refractivity contribution >= 4 is 23.2 Å². The molecule has 0 aliphatic rings. The Hall–Kier alpha value is -0.310. The van der Waals surface area contributed by atoms with Crippen LogP contribution in [0.5, 0.6) is 0 Å². The van der Waals surface area contributed by atoms with Gasteiger partial charge in [0, 0.05) is 24.5 Å². The van der Waals surface area contributed by atoms with Gasteiger partial charge < -0.3 is 5.32 Å². The van der Waals surface area contributed by atoms with Crippen LogP contribution in [0.15, 0.2) is 18.2 Å². The van der Waals surface area contributed by atoms with Crippen molar-refractivity contribution in [3.05, 3.63) is 34.6 Å². The van der Waals surface area contributed by atoms with Crippen molar-refractivity contribution in [3.8, 4) is 0 Å². The standard InChI is InChI=1S/C14H20Cl2FN/c1-3-14(4-2,9-15)10-18-8-11-6-5-7-12(16)13(11)17/h5-7,18H,3-4,8-10H2,1-2H3. The van der Waals surface area contributed by atoms with Crippen LogP contribution in [0.1, 0.15) is 32.3 Å². The summed E-state index contributed by atoms with van der Waals surface area (Å²) in [6, 6.07) is 5.06. The molecule has 0 spiro atoms. The quantitative estimate of drug-likeness (QED) is 0.723. The molecule has 0 aliphatic carbocycles. The number of rotatable bonds is 7. The van der Waals surface area contributed by atoms with E-state index in [0.29, 0.717) is 18.0 Å². The molecule has 1 aromatic carbocycles. The molecule has 0 atom stereocenters. The van der Waals surface area contributed by atoms with E-state index in [4.69, 9.17) is 23.2 Å². The fourth-order valence-electron chi connectivity index (χ4n) is 1.88. The van der Waals surface area contributed by atoms with E-state index >= 15 is 0 Å². The molecular formula is C14H20Cl2FN. The Morgan fingerprint density at radius 3 is 2.50 bits per heavy atom. The molecule has 0 bridgehead atoms. The predicted octanol–water partition coefficient (Wildman–Crippen LogP) is 4.61. The zero-order valence-corrected chi connectivity index (χ0v) is 12.4. The van der Waals surface area contributed by atoms with E-state index in [1.54, 1.807) is 18.2 Å². The first-order chi connectivity index (χ1) is 8.58. The van der Waals surface area contributed by atoms with Gasteiger partial charge in [-0.25, -0.2) is 4.39 Å². The first kappa shape index (κ1) is 15.7. The molecule has 18 heavy (non-hydrogen) atoms. The van der Waals surface area contributed by atoms with Crippen molar-refractivity contribution in [1.29, 1.82) is 0 Å². The zero-order valence-electron chi connectivity index (χ0n) is 10.9. The molecule has 0 saturated heterocycles. The minimum Gasteiger partial charge on any atom is -0.312 e. The highest BCUT2D eigenvalue weighted by atomic mass is 35.5. The van der Waals surface area contributed by atoms with Gasteiger partial charge in [-0.05, 0) is 24.3 Å². The highest BCUT2D eigenvalue weighted by Gasteiger charge is 2.24. The van der Waals surface area contributed by atoms with Crippen molar-refractivity contribution in [3.63, 3.8) is 0 Å². The van der Waals surface area contributed by atoms with Crippen LogP contribution in [-0.4, -0.2) is 12.4 Å². The summed E-state index contributed by atoms with van der Waals surface area (Å²) in [6.07, 6.45) is 2.02. The van der Waals surface area contributed by atoms with Crippen molar-refractivity contribution in [2.24, 2.45) is 5.41 Å². The molecule has 4 heteroatoms. The van der Waals surface area contributed by atoms with Gasteiger partial charge >= 0.3 is 0 Å². The normalized spacial score (nSPS) is 11.8. The molecule has 0 aliphatic heterocycles. The van der Waals surface area contributed by atoms with Crippen LogP contribution in [-0.2, 0) is 6.54 Å². The van der Waals surface area contributed by atoms with E-state index < -0.39 is 0 Å². The summed E-state index contributed by atoms with van der Waals surface area (Å²) in [6.45, 7) is 5.53. The molecule has 1 aromatic rings. The second kappa shape index (κ2) is 7.32. The topological polar surface area (TPSA) is 12.0 Å². The van der Waals surface area contributed by atoms with Gasteiger partial charge in [0.2, 0.25) is 0 Å². The van der Waals surface area contributed by atoms with E-state index in [-0.39, 0.29) is 16.3 Å². The summed E-state index contributed by atoms with van der Waals surface area (Å²) in [5, 5.41) is 3.45. The van der Waals surface area contributed by atoms with Gasteiger partial charge in [-0.1, -0.05) is 37.6 Å². The number of nitrogens with one attached hydrogen (secondary N) is 1. The second-order valence-electron chi connectivity index (χ2n) is 4.66. The Balaban J connectivity index is 2.58. The molecule has 102 valence electrons. The number of halogens is 3. The van der Waals surface area contributed by atoms with E-state index in [0.717, 1.165) is 19.4 Å². The number of hydrogen-bond donors (Lipinski definition) is 1. The van der Waals surface area contributed by atoms with E-state index in [2.05, 4.69) is 19.2 Å². The summed E-state index contributed by atoms with van der Waals surface area (Å²) in [5.74, 6) is 0.279. The summed E-state index contributed by atoms with van der Waals surface area (Å²) < 4.78 is 13.7. The lowest BCUT2D eigenvalue weighted by Gasteiger charge is -2.29. The molecule has 0 heterocycles. The summed E-state index contributed by atoms with van der Waals surface area (Å²) in [4.78, 5) is 0. The molecule has 1 N–H and O–H groups in total. The third kappa shape index (κ3) is 3.84. The lowest BCUT2D eigenvalue weighted by molar-refractivity contribution is 0.285. The molecule has 1 rings (SSSR count). The molecule has 1 nitrogen and oxygen atoms in total. The van der Waals surface area contributed by atoms with Crippen LogP contribution < -0.4 is 5.32 Å². The molecule has 0 amide bonds. The van der Waals surface area contributed by atoms with Gasteiger partial charge in [-0.15, -0.1) is 11.6 Å². The summed E-state index contributed by atoms with van der Waals surface area (Å²) in [5.41, 5.74) is 0.689. The van der Waals surface area contributed by atoms with Gasteiger partial charge in [0.1, 0.15) is 5.82 Å². The largest absolute Gasteiger partial charge is 0.312 e. The van der Waals surface area contributed by atoms with Gasteiger partial charge in [0.25, 0.3) is 0 Å². The average Bonchev–Trinajstić information content (AvgIpc) is 2.40. The molecular weight excluding hydrogens is 272 g/mol. The summed E-state index contributed by atoms with van der Waals surface area (Å²) >= 11 is 11.8. The minimum absolute atomic E-state index is 0.0939. The Kier molecular flexibility index (Phi) is 6.40. The van der Waals surface area contributed by atoms with Crippen molar-refractivity contribution in [2.75, 3.05) is 12.4 Å². The van der Waals surface area contributed by atoms with E-state index in [1.807, 2.05) is 0 Å². The van der Waals surface area contributed by atoms with Crippen LogP contribution in [0.3, 0.4) is 0 Å². The van der Waals surface area contributed by atoms with Crippen molar-refractivity contribution in [1.82, 2.24) is 5.32 Å². The van der Waals surface area contributed by atoms with Gasteiger partial charge in [0.15, 0.2) is 0 Å². The molecule has 0 radical (unpaired) electrons. The van der Waals surface area contributed by atoms with E-state index in [9.17, 15) is 4.39 Å². The molecule has 0 saturated carbocycles. The smallest absolute Gasteiger partial charge is 0.146 e. The number of benzene rings is 1. The maximum atomic E-state index is 13.7. The van der Waals surface area contributed by atoms with Gasteiger partial charge in [0.05, 0.1) is 5.02 Å². The lowest BCUT2D eigenvalue weighted by atomic mass is 9.84. The van der Waals surface area contributed by atoms with Gasteiger partial charge in [-0.3, -0.25) is 0 Å². The van der Waals surface area contributed by atoms with Crippen LogP contribution in [0.25, 0.3) is 0 Å². The fourth-order valence-corrected chi connectivity index (χ4v) is 2.55. The fraction of sp³-hybridized carbons (Fsp3) is 0.571. The van der Waals surface area contributed by atoms with Crippen LogP contribution in [0.2, 0.25) is 5.02 Å². The maximum absolute atomic E-state index is 13.7. The first-order valence-electron chi connectivity index (χ1n) is 6.28. The highest BCUT2D eigenvalue weighted by molar-refractivity contribution is 6.30. The van der Waals surface area contributed by atoms with E-state index in [1.165, 1.54) is 0 Å². The molecule has 0 fully saturated rings. The van der Waals surface area contributed by atoms with Crippen LogP contribution in [0, 0.1) is 11.2 Å².